The molecule has 2 unspecified atom stereocenters. The van der Waals surface area contributed by atoms with Crippen LogP contribution in [0.5, 0.6) is 0 Å². The van der Waals surface area contributed by atoms with E-state index in [2.05, 4.69) is 33.8 Å². The maximum absolute atomic E-state index is 11.3. The Morgan fingerprint density at radius 2 is 1.77 bits per heavy atom. The second-order valence-corrected chi connectivity index (χ2v) is 6.20. The van der Waals surface area contributed by atoms with E-state index < -0.39 is 0 Å². The van der Waals surface area contributed by atoms with Gasteiger partial charge in [-0.05, 0) is 57.4 Å². The Morgan fingerprint density at radius 1 is 1.09 bits per heavy atom. The molecule has 0 bridgehead atoms. The van der Waals surface area contributed by atoms with Crippen molar-refractivity contribution in [2.45, 2.75) is 66.9 Å². The first-order chi connectivity index (χ1) is 10.4. The van der Waals surface area contributed by atoms with E-state index in [4.69, 9.17) is 9.47 Å². The minimum absolute atomic E-state index is 0.269. The summed E-state index contributed by atoms with van der Waals surface area (Å²) >= 11 is 0. The zero-order valence-electron chi connectivity index (χ0n) is 15.2. The molecule has 0 heterocycles. The molecule has 0 N–H and O–H groups in total. The van der Waals surface area contributed by atoms with Crippen molar-refractivity contribution in [3.05, 3.63) is 23.8 Å². The van der Waals surface area contributed by atoms with Gasteiger partial charge in [0.2, 0.25) is 0 Å². The van der Waals surface area contributed by atoms with E-state index in [-0.39, 0.29) is 5.97 Å². The molecule has 0 aliphatic heterocycles. The molecule has 0 saturated heterocycles. The molecule has 0 saturated carbocycles. The van der Waals surface area contributed by atoms with Crippen molar-refractivity contribution in [3.63, 3.8) is 0 Å². The lowest BCUT2D eigenvalue weighted by atomic mass is 9.94. The van der Waals surface area contributed by atoms with Crippen LogP contribution in [0.4, 0.5) is 0 Å². The normalized spacial score (nSPS) is 15.3. The van der Waals surface area contributed by atoms with Crippen molar-refractivity contribution in [2.24, 2.45) is 11.8 Å². The van der Waals surface area contributed by atoms with Crippen LogP contribution in [-0.4, -0.2) is 25.3 Å². The minimum atomic E-state index is -0.269. The smallest absolute Gasteiger partial charge is 0.330 e. The SMILES string of the molecule is CCOC(=O)/C=C(C)/C=C/CC(C)CCC(OCC)C(C)C. The molecule has 2 atom stereocenters. The number of allylic oxidation sites excluding steroid dienone is 3. The van der Waals surface area contributed by atoms with Crippen LogP contribution in [0.3, 0.4) is 0 Å². The lowest BCUT2D eigenvalue weighted by Crippen LogP contribution is -2.20. The Balaban J connectivity index is 4.13. The first-order valence-corrected chi connectivity index (χ1v) is 8.53. The first kappa shape index (κ1) is 20.9. The summed E-state index contributed by atoms with van der Waals surface area (Å²) in [6, 6.07) is 0. The summed E-state index contributed by atoms with van der Waals surface area (Å²) in [4.78, 5) is 11.3. The molecule has 0 aromatic rings. The van der Waals surface area contributed by atoms with Gasteiger partial charge in [0.05, 0.1) is 12.7 Å². The van der Waals surface area contributed by atoms with Gasteiger partial charge in [0.1, 0.15) is 0 Å². The lowest BCUT2D eigenvalue weighted by Gasteiger charge is -2.22. The molecule has 0 amide bonds. The number of ether oxygens (including phenoxy) is 2. The van der Waals surface area contributed by atoms with Crippen molar-refractivity contribution < 1.29 is 14.3 Å². The third-order valence-electron chi connectivity index (χ3n) is 3.62. The molecule has 0 aliphatic carbocycles. The van der Waals surface area contributed by atoms with Gasteiger partial charge in [-0.1, -0.05) is 32.9 Å². The molecular formula is C19H34O3. The summed E-state index contributed by atoms with van der Waals surface area (Å²) in [6.07, 6.45) is 9.32. The van der Waals surface area contributed by atoms with Gasteiger partial charge in [-0.25, -0.2) is 4.79 Å². The highest BCUT2D eigenvalue weighted by Crippen LogP contribution is 2.19. The molecule has 0 aromatic carbocycles. The molecule has 0 radical (unpaired) electrons. The standard InChI is InChI=1S/C19H34O3/c1-7-21-18(15(3)4)13-12-16(5)10-9-11-17(6)14-19(20)22-8-2/h9,11,14-16,18H,7-8,10,12-13H2,1-6H3/b11-9+,17-14+. The molecule has 22 heavy (non-hydrogen) atoms. The second kappa shape index (κ2) is 12.5. The zero-order chi connectivity index (χ0) is 17.0. The van der Waals surface area contributed by atoms with Crippen molar-refractivity contribution in [1.29, 1.82) is 0 Å². The Morgan fingerprint density at radius 3 is 2.32 bits per heavy atom. The second-order valence-electron chi connectivity index (χ2n) is 6.20. The van der Waals surface area contributed by atoms with Gasteiger partial charge in [-0.15, -0.1) is 0 Å². The summed E-state index contributed by atoms with van der Waals surface area (Å²) in [6.45, 7) is 13.7. The number of esters is 1. The molecule has 3 nitrogen and oxygen atoms in total. The van der Waals surface area contributed by atoms with Crippen molar-refractivity contribution in [1.82, 2.24) is 0 Å². The van der Waals surface area contributed by atoms with E-state index in [1.54, 1.807) is 0 Å². The number of carbonyl (C=O) groups excluding carboxylic acids is 1. The largest absolute Gasteiger partial charge is 0.463 e. The van der Waals surface area contributed by atoms with Crippen LogP contribution in [0.2, 0.25) is 0 Å². The average Bonchev–Trinajstić information content (AvgIpc) is 2.43. The number of rotatable bonds is 11. The summed E-state index contributed by atoms with van der Waals surface area (Å²) in [5.74, 6) is 0.917. The maximum atomic E-state index is 11.3. The van der Waals surface area contributed by atoms with Crippen LogP contribution in [0.15, 0.2) is 23.8 Å². The lowest BCUT2D eigenvalue weighted by molar-refractivity contribution is -0.137. The fraction of sp³-hybridized carbons (Fsp3) is 0.737. The number of carbonyl (C=O) groups is 1. The quantitative estimate of drug-likeness (QED) is 0.309. The predicted octanol–water partition coefficient (Wildman–Crippen LogP) is 4.92. The van der Waals surface area contributed by atoms with Gasteiger partial charge in [-0.3, -0.25) is 0 Å². The molecule has 128 valence electrons. The highest BCUT2D eigenvalue weighted by atomic mass is 16.5. The fourth-order valence-corrected chi connectivity index (χ4v) is 2.29. The maximum Gasteiger partial charge on any atom is 0.330 e. The Hall–Kier alpha value is -1.09. The van der Waals surface area contributed by atoms with E-state index in [0.29, 0.717) is 24.5 Å². The Labute approximate surface area is 136 Å². The van der Waals surface area contributed by atoms with Gasteiger partial charge in [0, 0.05) is 12.7 Å². The summed E-state index contributed by atoms with van der Waals surface area (Å²) < 4.78 is 10.7. The minimum Gasteiger partial charge on any atom is -0.463 e. The molecular weight excluding hydrogens is 276 g/mol. The molecule has 0 aliphatic rings. The zero-order valence-corrected chi connectivity index (χ0v) is 15.2. The Kier molecular flexibility index (Phi) is 11.8. The van der Waals surface area contributed by atoms with Gasteiger partial charge in [-0.2, -0.15) is 0 Å². The number of hydrogen-bond donors (Lipinski definition) is 0. The molecule has 3 heteroatoms. The van der Waals surface area contributed by atoms with E-state index in [1.807, 2.05) is 19.9 Å². The van der Waals surface area contributed by atoms with Crippen molar-refractivity contribution in [3.8, 4) is 0 Å². The van der Waals surface area contributed by atoms with Crippen molar-refractivity contribution >= 4 is 5.97 Å². The van der Waals surface area contributed by atoms with E-state index in [9.17, 15) is 4.79 Å². The predicted molar refractivity (Wildman–Crippen MR) is 92.8 cm³/mol. The highest BCUT2D eigenvalue weighted by molar-refractivity contribution is 5.83. The molecule has 0 fully saturated rings. The van der Waals surface area contributed by atoms with Crippen LogP contribution in [0, 0.1) is 11.8 Å². The van der Waals surface area contributed by atoms with Gasteiger partial charge in [0.25, 0.3) is 0 Å². The molecule has 0 aromatic heterocycles. The third-order valence-corrected chi connectivity index (χ3v) is 3.62. The summed E-state index contributed by atoms with van der Waals surface area (Å²) in [5.41, 5.74) is 0.931. The van der Waals surface area contributed by atoms with Crippen LogP contribution >= 0.6 is 0 Å². The van der Waals surface area contributed by atoms with Crippen LogP contribution in [-0.2, 0) is 14.3 Å². The first-order valence-electron chi connectivity index (χ1n) is 8.53. The molecule has 0 rings (SSSR count). The van der Waals surface area contributed by atoms with E-state index in [1.165, 1.54) is 6.08 Å². The third kappa shape index (κ3) is 10.6. The average molecular weight is 310 g/mol. The van der Waals surface area contributed by atoms with Crippen molar-refractivity contribution in [2.75, 3.05) is 13.2 Å². The number of hydrogen-bond acceptors (Lipinski definition) is 3. The van der Waals surface area contributed by atoms with Crippen LogP contribution in [0.1, 0.15) is 60.8 Å². The highest BCUT2D eigenvalue weighted by Gasteiger charge is 2.14. The monoisotopic (exact) mass is 310 g/mol. The summed E-state index contributed by atoms with van der Waals surface area (Å²) in [7, 11) is 0. The topological polar surface area (TPSA) is 35.5 Å². The Bertz CT molecular complexity index is 356. The van der Waals surface area contributed by atoms with E-state index >= 15 is 0 Å². The fourth-order valence-electron chi connectivity index (χ4n) is 2.29. The van der Waals surface area contributed by atoms with Crippen LogP contribution < -0.4 is 0 Å². The summed E-state index contributed by atoms with van der Waals surface area (Å²) in [5, 5.41) is 0. The van der Waals surface area contributed by atoms with Gasteiger partial charge >= 0.3 is 5.97 Å². The van der Waals surface area contributed by atoms with E-state index in [0.717, 1.165) is 31.4 Å². The van der Waals surface area contributed by atoms with Crippen LogP contribution in [0.25, 0.3) is 0 Å². The van der Waals surface area contributed by atoms with Gasteiger partial charge < -0.3 is 9.47 Å². The molecule has 0 spiro atoms. The van der Waals surface area contributed by atoms with Gasteiger partial charge in [0.15, 0.2) is 0 Å².